The standard InChI is InChI=1S/C20H28N4O/c1-4-6-16-11-18(16)24-20(21-5-2)22-12-17-13-25-19(23-17)15-9-7-14(3)8-10-15/h7-10,13,16,18H,4-6,11-12H2,1-3H3,(H2,21,22,24). The normalized spacial score (nSPS) is 19.7. The molecule has 1 saturated carbocycles. The third-order valence-corrected chi connectivity index (χ3v) is 4.50. The van der Waals surface area contributed by atoms with Gasteiger partial charge in [-0.2, -0.15) is 0 Å². The Hall–Kier alpha value is -2.30. The van der Waals surface area contributed by atoms with Crippen molar-refractivity contribution in [1.82, 2.24) is 15.6 Å². The van der Waals surface area contributed by atoms with E-state index in [1.54, 1.807) is 6.26 Å². The van der Waals surface area contributed by atoms with Gasteiger partial charge in [-0.15, -0.1) is 0 Å². The van der Waals surface area contributed by atoms with Crippen LogP contribution >= 0.6 is 0 Å². The molecule has 2 N–H and O–H groups in total. The van der Waals surface area contributed by atoms with Crippen molar-refractivity contribution < 1.29 is 4.42 Å². The lowest BCUT2D eigenvalue weighted by molar-refractivity contribution is 0.572. The minimum atomic E-state index is 0.510. The van der Waals surface area contributed by atoms with Crippen LogP contribution in [0, 0.1) is 12.8 Å². The third kappa shape index (κ3) is 4.84. The Labute approximate surface area is 150 Å². The second-order valence-electron chi connectivity index (χ2n) is 6.74. The van der Waals surface area contributed by atoms with Gasteiger partial charge in [-0.3, -0.25) is 0 Å². The molecule has 1 fully saturated rings. The van der Waals surface area contributed by atoms with E-state index in [2.05, 4.69) is 53.5 Å². The summed E-state index contributed by atoms with van der Waals surface area (Å²) in [5.41, 5.74) is 3.06. The molecule has 1 aromatic carbocycles. The highest BCUT2D eigenvalue weighted by atomic mass is 16.3. The fraction of sp³-hybridized carbons (Fsp3) is 0.500. The van der Waals surface area contributed by atoms with Crippen molar-refractivity contribution in [2.75, 3.05) is 6.54 Å². The van der Waals surface area contributed by atoms with E-state index in [0.29, 0.717) is 18.5 Å². The van der Waals surface area contributed by atoms with Gasteiger partial charge in [-0.25, -0.2) is 9.98 Å². The predicted octanol–water partition coefficient (Wildman–Crippen LogP) is 3.89. The molecule has 1 aliphatic carbocycles. The maximum absolute atomic E-state index is 5.60. The summed E-state index contributed by atoms with van der Waals surface area (Å²) in [7, 11) is 0. The number of aliphatic imine (C=N–C) groups is 1. The van der Waals surface area contributed by atoms with Crippen LogP contribution in [-0.2, 0) is 6.54 Å². The van der Waals surface area contributed by atoms with Gasteiger partial charge in [0, 0.05) is 18.2 Å². The molecule has 0 saturated heterocycles. The molecule has 0 spiro atoms. The Morgan fingerprint density at radius 1 is 1.28 bits per heavy atom. The quantitative estimate of drug-likeness (QED) is 0.593. The Balaban J connectivity index is 1.60. The molecule has 1 aromatic heterocycles. The minimum Gasteiger partial charge on any atom is -0.444 e. The van der Waals surface area contributed by atoms with E-state index in [1.807, 2.05) is 12.1 Å². The monoisotopic (exact) mass is 340 g/mol. The predicted molar refractivity (Wildman–Crippen MR) is 101 cm³/mol. The van der Waals surface area contributed by atoms with E-state index < -0.39 is 0 Å². The largest absolute Gasteiger partial charge is 0.444 e. The van der Waals surface area contributed by atoms with Crippen LogP contribution < -0.4 is 10.6 Å². The van der Waals surface area contributed by atoms with E-state index >= 15 is 0 Å². The van der Waals surface area contributed by atoms with Gasteiger partial charge in [0.1, 0.15) is 12.0 Å². The highest BCUT2D eigenvalue weighted by Gasteiger charge is 2.36. The molecule has 2 atom stereocenters. The molecule has 0 bridgehead atoms. The van der Waals surface area contributed by atoms with Gasteiger partial charge in [0.15, 0.2) is 5.96 Å². The lowest BCUT2D eigenvalue weighted by atomic mass is 10.1. The molecule has 0 radical (unpaired) electrons. The Bertz CT molecular complexity index is 705. The first kappa shape index (κ1) is 17.5. The van der Waals surface area contributed by atoms with Crippen LogP contribution in [0.3, 0.4) is 0 Å². The number of nitrogens with zero attached hydrogens (tertiary/aromatic N) is 2. The molecule has 5 heteroatoms. The van der Waals surface area contributed by atoms with Crippen LogP contribution in [0.4, 0.5) is 0 Å². The molecule has 0 aliphatic heterocycles. The number of aromatic nitrogens is 1. The summed E-state index contributed by atoms with van der Waals surface area (Å²) in [4.78, 5) is 9.20. The average Bonchev–Trinajstić information content (AvgIpc) is 3.16. The van der Waals surface area contributed by atoms with Crippen LogP contribution in [-0.4, -0.2) is 23.5 Å². The molecule has 134 valence electrons. The van der Waals surface area contributed by atoms with E-state index in [4.69, 9.17) is 4.42 Å². The second kappa shape index (κ2) is 8.19. The Morgan fingerprint density at radius 2 is 2.08 bits per heavy atom. The van der Waals surface area contributed by atoms with E-state index in [0.717, 1.165) is 29.7 Å². The molecular formula is C20H28N4O. The van der Waals surface area contributed by atoms with Crippen LogP contribution in [0.1, 0.15) is 44.4 Å². The van der Waals surface area contributed by atoms with Gasteiger partial charge in [-0.05, 0) is 44.7 Å². The number of rotatable bonds is 7. The van der Waals surface area contributed by atoms with Crippen molar-refractivity contribution in [3.8, 4) is 11.5 Å². The first-order valence-corrected chi connectivity index (χ1v) is 9.25. The highest BCUT2D eigenvalue weighted by molar-refractivity contribution is 5.80. The molecule has 2 aromatic rings. The summed E-state index contributed by atoms with van der Waals surface area (Å²) in [5, 5.41) is 6.83. The fourth-order valence-electron chi connectivity index (χ4n) is 2.98. The van der Waals surface area contributed by atoms with Crippen molar-refractivity contribution in [1.29, 1.82) is 0 Å². The van der Waals surface area contributed by atoms with E-state index in [-0.39, 0.29) is 0 Å². The molecule has 3 rings (SSSR count). The van der Waals surface area contributed by atoms with Crippen molar-refractivity contribution in [2.45, 2.75) is 52.6 Å². The molecule has 2 unspecified atom stereocenters. The maximum Gasteiger partial charge on any atom is 0.226 e. The van der Waals surface area contributed by atoms with Gasteiger partial charge < -0.3 is 15.1 Å². The first-order valence-electron chi connectivity index (χ1n) is 9.25. The number of guanidine groups is 1. The number of nitrogens with one attached hydrogen (secondary N) is 2. The number of hydrogen-bond acceptors (Lipinski definition) is 3. The lowest BCUT2D eigenvalue weighted by Gasteiger charge is -2.10. The van der Waals surface area contributed by atoms with Crippen molar-refractivity contribution in [3.05, 3.63) is 41.8 Å². The zero-order valence-corrected chi connectivity index (χ0v) is 15.4. The third-order valence-electron chi connectivity index (χ3n) is 4.50. The Kier molecular flexibility index (Phi) is 5.74. The van der Waals surface area contributed by atoms with Crippen molar-refractivity contribution >= 4 is 5.96 Å². The summed E-state index contributed by atoms with van der Waals surface area (Å²) in [6, 6.07) is 8.75. The molecular weight excluding hydrogens is 312 g/mol. The summed E-state index contributed by atoms with van der Waals surface area (Å²) in [6.45, 7) is 7.75. The second-order valence-corrected chi connectivity index (χ2v) is 6.74. The lowest BCUT2D eigenvalue weighted by Crippen LogP contribution is -2.39. The van der Waals surface area contributed by atoms with Gasteiger partial charge in [0.2, 0.25) is 5.89 Å². The van der Waals surface area contributed by atoms with Crippen LogP contribution in [0.5, 0.6) is 0 Å². The zero-order valence-electron chi connectivity index (χ0n) is 15.4. The number of hydrogen-bond donors (Lipinski definition) is 2. The molecule has 1 aliphatic rings. The van der Waals surface area contributed by atoms with Gasteiger partial charge in [-0.1, -0.05) is 31.0 Å². The fourth-order valence-corrected chi connectivity index (χ4v) is 2.98. The van der Waals surface area contributed by atoms with Crippen molar-refractivity contribution in [2.24, 2.45) is 10.9 Å². The first-order chi connectivity index (χ1) is 12.2. The minimum absolute atomic E-state index is 0.510. The number of oxazole rings is 1. The number of aryl methyl sites for hydroxylation is 1. The van der Waals surface area contributed by atoms with Gasteiger partial charge in [0.05, 0.1) is 6.54 Å². The zero-order chi connectivity index (χ0) is 17.6. The summed E-state index contributed by atoms with van der Waals surface area (Å²) in [5.74, 6) is 2.31. The molecule has 0 amide bonds. The Morgan fingerprint density at radius 3 is 2.80 bits per heavy atom. The summed E-state index contributed by atoms with van der Waals surface area (Å²) < 4.78 is 5.60. The average molecular weight is 340 g/mol. The van der Waals surface area contributed by atoms with Gasteiger partial charge in [0.25, 0.3) is 0 Å². The number of benzene rings is 1. The SMILES string of the molecule is CCCC1CC1NC(=NCc1coc(-c2ccc(C)cc2)n1)NCC. The highest BCUT2D eigenvalue weighted by Crippen LogP contribution is 2.34. The smallest absolute Gasteiger partial charge is 0.226 e. The van der Waals surface area contributed by atoms with Crippen molar-refractivity contribution in [3.63, 3.8) is 0 Å². The van der Waals surface area contributed by atoms with Crippen LogP contribution in [0.15, 0.2) is 39.9 Å². The molecule has 25 heavy (non-hydrogen) atoms. The molecule has 1 heterocycles. The molecule has 5 nitrogen and oxygen atoms in total. The van der Waals surface area contributed by atoms with E-state index in [1.165, 1.54) is 24.8 Å². The maximum atomic E-state index is 5.60. The van der Waals surface area contributed by atoms with E-state index in [9.17, 15) is 0 Å². The summed E-state index contributed by atoms with van der Waals surface area (Å²) in [6.07, 6.45) is 5.48. The topological polar surface area (TPSA) is 62.5 Å². The van der Waals surface area contributed by atoms with Crippen LogP contribution in [0.25, 0.3) is 11.5 Å². The van der Waals surface area contributed by atoms with Crippen LogP contribution in [0.2, 0.25) is 0 Å². The van der Waals surface area contributed by atoms with Gasteiger partial charge >= 0.3 is 0 Å². The summed E-state index contributed by atoms with van der Waals surface area (Å²) >= 11 is 0.